The van der Waals surface area contributed by atoms with Crippen molar-refractivity contribution in [3.63, 3.8) is 0 Å². The van der Waals surface area contributed by atoms with E-state index in [2.05, 4.69) is 13.5 Å². The van der Waals surface area contributed by atoms with E-state index in [0.717, 1.165) is 17.7 Å². The van der Waals surface area contributed by atoms with Gasteiger partial charge in [-0.25, -0.2) is 0 Å². The third kappa shape index (κ3) is 3.44. The molecular formula is C12H15NOS. The van der Waals surface area contributed by atoms with Crippen molar-refractivity contribution in [1.82, 2.24) is 0 Å². The van der Waals surface area contributed by atoms with Crippen molar-refractivity contribution in [3.05, 3.63) is 36.4 Å². The maximum atomic E-state index is 10.9. The summed E-state index contributed by atoms with van der Waals surface area (Å²) < 4.78 is 0. The normalized spacial score (nSPS) is 9.93. The van der Waals surface area contributed by atoms with Crippen LogP contribution in [0.2, 0.25) is 0 Å². The van der Waals surface area contributed by atoms with Crippen molar-refractivity contribution in [2.45, 2.75) is 18.2 Å². The molecule has 0 atom stereocenters. The third-order valence-corrected chi connectivity index (χ3v) is 3.19. The Morgan fingerprint density at radius 2 is 2.00 bits per heavy atom. The molecule has 15 heavy (non-hydrogen) atoms. The van der Waals surface area contributed by atoms with E-state index in [1.54, 1.807) is 11.8 Å². The summed E-state index contributed by atoms with van der Waals surface area (Å²) in [6.07, 6.45) is 1.15. The van der Waals surface area contributed by atoms with Gasteiger partial charge in [-0.3, -0.25) is 4.79 Å². The quantitative estimate of drug-likeness (QED) is 0.613. The van der Waals surface area contributed by atoms with Gasteiger partial charge in [-0.05, 0) is 29.9 Å². The van der Waals surface area contributed by atoms with Crippen LogP contribution in [-0.2, 0) is 4.79 Å². The first-order chi connectivity index (χ1) is 7.15. The maximum Gasteiger partial charge on any atom is 0.248 e. The molecule has 0 bridgehead atoms. The molecule has 0 aliphatic heterocycles. The smallest absolute Gasteiger partial charge is 0.248 e. The van der Waals surface area contributed by atoms with E-state index >= 15 is 0 Å². The van der Waals surface area contributed by atoms with Crippen molar-refractivity contribution in [2.75, 3.05) is 5.75 Å². The van der Waals surface area contributed by atoms with Crippen LogP contribution in [0.15, 0.2) is 35.7 Å². The number of benzene rings is 1. The Kier molecular flexibility index (Phi) is 4.43. The largest absolute Gasteiger partial charge is 0.366 e. The second-order valence-electron chi connectivity index (χ2n) is 3.22. The van der Waals surface area contributed by atoms with E-state index in [-0.39, 0.29) is 0 Å². The highest BCUT2D eigenvalue weighted by atomic mass is 32.2. The topological polar surface area (TPSA) is 43.1 Å². The Morgan fingerprint density at radius 3 is 2.47 bits per heavy atom. The molecule has 0 unspecified atom stereocenters. The molecule has 3 heteroatoms. The molecule has 1 rings (SSSR count). The zero-order chi connectivity index (χ0) is 11.3. The standard InChI is InChI=1S/C12H15NOS/c1-3-8-15-11-6-4-10(5-7-11)9(2)12(13)14/h4-7H,2-3,8H2,1H3,(H2,13,14). The lowest BCUT2D eigenvalue weighted by atomic mass is 10.1. The van der Waals surface area contributed by atoms with Crippen LogP contribution in [0, 0.1) is 0 Å². The molecule has 1 amide bonds. The fourth-order valence-electron chi connectivity index (χ4n) is 1.11. The minimum absolute atomic E-state index is 0.363. The number of rotatable bonds is 5. The van der Waals surface area contributed by atoms with Crippen molar-refractivity contribution in [2.24, 2.45) is 5.73 Å². The van der Waals surface area contributed by atoms with Crippen LogP contribution in [0.1, 0.15) is 18.9 Å². The lowest BCUT2D eigenvalue weighted by molar-refractivity contribution is -0.112. The number of nitrogens with two attached hydrogens (primary N) is 1. The number of amides is 1. The van der Waals surface area contributed by atoms with Gasteiger partial charge in [0, 0.05) is 10.5 Å². The summed E-state index contributed by atoms with van der Waals surface area (Å²) in [6, 6.07) is 7.74. The summed E-state index contributed by atoms with van der Waals surface area (Å²) in [5, 5.41) is 0. The highest BCUT2D eigenvalue weighted by Gasteiger charge is 2.04. The van der Waals surface area contributed by atoms with E-state index in [4.69, 9.17) is 5.73 Å². The molecule has 2 N–H and O–H groups in total. The molecule has 1 aromatic rings. The fourth-order valence-corrected chi connectivity index (χ4v) is 1.88. The first-order valence-corrected chi connectivity index (χ1v) is 5.85. The Balaban J connectivity index is 2.72. The molecule has 0 spiro atoms. The first-order valence-electron chi connectivity index (χ1n) is 4.87. The zero-order valence-electron chi connectivity index (χ0n) is 8.82. The number of primary amides is 1. The van der Waals surface area contributed by atoms with Crippen LogP contribution in [0.25, 0.3) is 5.57 Å². The van der Waals surface area contributed by atoms with Gasteiger partial charge < -0.3 is 5.73 Å². The van der Waals surface area contributed by atoms with Crippen molar-refractivity contribution >= 4 is 23.2 Å². The summed E-state index contributed by atoms with van der Waals surface area (Å²) in [4.78, 5) is 12.1. The minimum Gasteiger partial charge on any atom is -0.366 e. The Bertz CT molecular complexity index is 356. The van der Waals surface area contributed by atoms with E-state index in [1.165, 1.54) is 4.90 Å². The van der Waals surface area contributed by atoms with Crippen molar-refractivity contribution in [1.29, 1.82) is 0 Å². The lowest BCUT2D eigenvalue weighted by Crippen LogP contribution is -2.11. The predicted molar refractivity (Wildman–Crippen MR) is 65.7 cm³/mol. The molecule has 0 heterocycles. The molecule has 0 saturated carbocycles. The van der Waals surface area contributed by atoms with Crippen molar-refractivity contribution in [3.8, 4) is 0 Å². The Hall–Kier alpha value is -1.22. The van der Waals surface area contributed by atoms with Gasteiger partial charge in [0.05, 0.1) is 0 Å². The molecule has 0 aromatic heterocycles. The average Bonchev–Trinajstić information content (AvgIpc) is 2.26. The summed E-state index contributed by atoms with van der Waals surface area (Å²) >= 11 is 1.80. The van der Waals surface area contributed by atoms with Gasteiger partial charge in [0.1, 0.15) is 0 Å². The molecule has 0 fully saturated rings. The van der Waals surface area contributed by atoms with Crippen LogP contribution in [0.3, 0.4) is 0 Å². The summed E-state index contributed by atoms with van der Waals surface area (Å²) in [7, 11) is 0. The zero-order valence-corrected chi connectivity index (χ0v) is 9.64. The van der Waals surface area contributed by atoms with E-state index in [1.807, 2.05) is 24.3 Å². The summed E-state index contributed by atoms with van der Waals surface area (Å²) in [6.45, 7) is 5.78. The van der Waals surface area contributed by atoms with Gasteiger partial charge in [-0.1, -0.05) is 25.6 Å². The monoisotopic (exact) mass is 221 g/mol. The summed E-state index contributed by atoms with van der Waals surface area (Å²) in [5.74, 6) is 0.639. The maximum absolute atomic E-state index is 10.9. The molecule has 0 radical (unpaired) electrons. The van der Waals surface area contributed by atoms with Crippen LogP contribution in [0.5, 0.6) is 0 Å². The number of hydrogen-bond donors (Lipinski definition) is 1. The number of thioether (sulfide) groups is 1. The lowest BCUT2D eigenvalue weighted by Gasteiger charge is -2.03. The van der Waals surface area contributed by atoms with E-state index in [0.29, 0.717) is 5.57 Å². The minimum atomic E-state index is -0.469. The van der Waals surface area contributed by atoms with Crippen LogP contribution in [-0.4, -0.2) is 11.7 Å². The van der Waals surface area contributed by atoms with Gasteiger partial charge in [-0.15, -0.1) is 11.8 Å². The number of hydrogen-bond acceptors (Lipinski definition) is 2. The average molecular weight is 221 g/mol. The second-order valence-corrected chi connectivity index (χ2v) is 4.38. The Labute approximate surface area is 94.6 Å². The van der Waals surface area contributed by atoms with Gasteiger partial charge in [0.25, 0.3) is 0 Å². The predicted octanol–water partition coefficient (Wildman–Crippen LogP) is 2.69. The van der Waals surface area contributed by atoms with Crippen LogP contribution < -0.4 is 5.73 Å². The fraction of sp³-hybridized carbons (Fsp3) is 0.250. The number of carbonyl (C=O) groups excluding carboxylic acids is 1. The molecule has 0 aliphatic carbocycles. The molecule has 1 aromatic carbocycles. The first kappa shape index (κ1) is 11.9. The van der Waals surface area contributed by atoms with Crippen LogP contribution >= 0.6 is 11.8 Å². The summed E-state index contributed by atoms with van der Waals surface area (Å²) in [5.41, 5.74) is 6.30. The molecular weight excluding hydrogens is 206 g/mol. The Morgan fingerprint density at radius 1 is 1.40 bits per heavy atom. The third-order valence-electron chi connectivity index (χ3n) is 1.97. The highest BCUT2D eigenvalue weighted by Crippen LogP contribution is 2.21. The van der Waals surface area contributed by atoms with Crippen LogP contribution in [0.4, 0.5) is 0 Å². The van der Waals surface area contributed by atoms with Gasteiger partial charge in [-0.2, -0.15) is 0 Å². The van der Waals surface area contributed by atoms with Gasteiger partial charge in [0.15, 0.2) is 0 Å². The SMILES string of the molecule is C=C(C(N)=O)c1ccc(SCCC)cc1. The van der Waals surface area contributed by atoms with E-state index in [9.17, 15) is 4.79 Å². The molecule has 2 nitrogen and oxygen atoms in total. The van der Waals surface area contributed by atoms with Crippen molar-refractivity contribution < 1.29 is 4.79 Å². The van der Waals surface area contributed by atoms with Gasteiger partial charge >= 0.3 is 0 Å². The highest BCUT2D eigenvalue weighted by molar-refractivity contribution is 7.99. The molecule has 0 saturated heterocycles. The molecule has 0 aliphatic rings. The van der Waals surface area contributed by atoms with Gasteiger partial charge in [0.2, 0.25) is 5.91 Å². The van der Waals surface area contributed by atoms with E-state index < -0.39 is 5.91 Å². The second kappa shape index (κ2) is 5.61. The molecule has 80 valence electrons. The number of carbonyl (C=O) groups is 1.